The van der Waals surface area contributed by atoms with Crippen molar-refractivity contribution in [3.05, 3.63) is 40.8 Å². The molecule has 0 aromatic carbocycles. The topological polar surface area (TPSA) is 201 Å². The molecule has 3 aromatic rings. The zero-order valence-corrected chi connectivity index (χ0v) is 26.2. The van der Waals surface area contributed by atoms with Gasteiger partial charge in [-0.25, -0.2) is 24.1 Å². The predicted octanol–water partition coefficient (Wildman–Crippen LogP) is 1.76. The summed E-state index contributed by atoms with van der Waals surface area (Å²) in [5.74, 6) is -3.35. The van der Waals surface area contributed by atoms with E-state index in [0.29, 0.717) is 17.1 Å². The second kappa shape index (κ2) is 12.1. The van der Waals surface area contributed by atoms with Crippen molar-refractivity contribution in [2.24, 2.45) is 5.16 Å². The van der Waals surface area contributed by atoms with Crippen molar-refractivity contribution in [2.75, 3.05) is 17.2 Å². The van der Waals surface area contributed by atoms with E-state index in [4.69, 9.17) is 10.6 Å². The summed E-state index contributed by atoms with van der Waals surface area (Å²) in [7, 11) is 0. The summed E-state index contributed by atoms with van der Waals surface area (Å²) >= 11 is 5.28. The number of pyridine rings is 1. The zero-order valence-electron chi connectivity index (χ0n) is 23.0. The smallest absolute Gasteiger partial charge is 0.352 e. The molecule has 1 fully saturated rings. The van der Waals surface area contributed by atoms with Gasteiger partial charge in [-0.3, -0.25) is 14.5 Å². The number of β-lactam (4-membered cyclic amide) rings is 1. The number of aromatic nitrogens is 3. The fraction of sp³-hybridized carbons (Fsp3) is 0.360. The number of carboxylic acid groups (broad SMARTS) is 2. The van der Waals surface area contributed by atoms with Gasteiger partial charge in [0.1, 0.15) is 34.9 Å². The number of rotatable bonds is 11. The number of aryl methyl sites for hydroxylation is 1. The number of oxime groups is 1. The number of carbonyl (C=O) groups is 4. The van der Waals surface area contributed by atoms with Gasteiger partial charge in [0, 0.05) is 23.0 Å². The Morgan fingerprint density at radius 2 is 2.09 bits per heavy atom. The first kappa shape index (κ1) is 30.7. The van der Waals surface area contributed by atoms with Crippen molar-refractivity contribution >= 4 is 91.0 Å². The fourth-order valence-electron chi connectivity index (χ4n) is 4.11. The van der Waals surface area contributed by atoms with Crippen molar-refractivity contribution in [1.82, 2.24) is 20.2 Å². The number of thiazole rings is 2. The average Bonchev–Trinajstić information content (AvgIpc) is 3.59. The van der Waals surface area contributed by atoms with E-state index in [1.54, 1.807) is 0 Å². The molecule has 0 radical (unpaired) electrons. The number of nitrogens with two attached hydrogens (primary N) is 1. The van der Waals surface area contributed by atoms with Crippen molar-refractivity contribution in [3.8, 4) is 0 Å². The standard InChI is InChI=1S/C25H25N7O7S4/c1-4-31-6-5-14-12(7-31)28-24(43-14)42-9-11-8-40-20-16(19(34)32(20)17(11)21(35)36)29-18(33)15(13-10-41-23(26)27-13)30-39-25(2,3)22(37)38/h5-7,10,16,20H,4,8-9H2,1-3H3,(H4-,26,27,29,33,35,36,37,38)/p+1/t16?,20-/m0/s1. The molecule has 0 bridgehead atoms. The summed E-state index contributed by atoms with van der Waals surface area (Å²) in [4.78, 5) is 65.2. The van der Waals surface area contributed by atoms with E-state index >= 15 is 0 Å². The van der Waals surface area contributed by atoms with Gasteiger partial charge in [0.15, 0.2) is 27.6 Å². The van der Waals surface area contributed by atoms with Gasteiger partial charge in [-0.05, 0) is 26.3 Å². The van der Waals surface area contributed by atoms with Crippen molar-refractivity contribution in [1.29, 1.82) is 0 Å². The molecule has 2 atom stereocenters. The highest BCUT2D eigenvalue weighted by Gasteiger charge is 2.54. The minimum atomic E-state index is -1.76. The third kappa shape index (κ3) is 6.17. The lowest BCUT2D eigenvalue weighted by Crippen LogP contribution is -2.71. The summed E-state index contributed by atoms with van der Waals surface area (Å²) in [5, 5.41) is 26.6. The molecule has 0 aliphatic carbocycles. The van der Waals surface area contributed by atoms with Gasteiger partial charge in [-0.15, -0.1) is 34.4 Å². The molecular formula is C25H26N7O7S4+. The molecule has 0 saturated carbocycles. The van der Waals surface area contributed by atoms with Gasteiger partial charge in [-0.1, -0.05) is 16.9 Å². The maximum atomic E-state index is 13.3. The summed E-state index contributed by atoms with van der Waals surface area (Å²) in [6.45, 7) is 5.36. The van der Waals surface area contributed by atoms with Crippen LogP contribution in [0.25, 0.3) is 10.2 Å². The average molecular weight is 665 g/mol. The van der Waals surface area contributed by atoms with Crippen LogP contribution in [0.15, 0.2) is 44.6 Å². The molecule has 14 nitrogen and oxygen atoms in total. The third-order valence-corrected chi connectivity index (χ3v) is 10.8. The number of hydrogen-bond donors (Lipinski definition) is 4. The second-order valence-electron chi connectivity index (χ2n) is 9.83. The van der Waals surface area contributed by atoms with Gasteiger partial charge in [0.2, 0.25) is 5.60 Å². The normalized spacial score (nSPS) is 18.8. The first-order valence-electron chi connectivity index (χ1n) is 12.7. The Balaban J connectivity index is 1.31. The van der Waals surface area contributed by atoms with Crippen molar-refractivity contribution < 1.29 is 38.8 Å². The highest BCUT2D eigenvalue weighted by atomic mass is 32.2. The Kier molecular flexibility index (Phi) is 8.64. The largest absolute Gasteiger partial charge is 0.478 e. The van der Waals surface area contributed by atoms with Crippen LogP contribution < -0.4 is 15.6 Å². The lowest BCUT2D eigenvalue weighted by molar-refractivity contribution is -0.692. The Labute approximate surface area is 261 Å². The summed E-state index contributed by atoms with van der Waals surface area (Å²) in [6, 6.07) is 0.944. The molecule has 1 unspecified atom stereocenters. The van der Waals surface area contributed by atoms with Gasteiger partial charge in [0.05, 0.1) is 4.70 Å². The van der Waals surface area contributed by atoms with E-state index in [1.165, 1.54) is 59.0 Å². The molecule has 43 heavy (non-hydrogen) atoms. The highest BCUT2D eigenvalue weighted by Crippen LogP contribution is 2.42. The van der Waals surface area contributed by atoms with Crippen molar-refractivity contribution in [3.63, 3.8) is 0 Å². The lowest BCUT2D eigenvalue weighted by atomic mass is 10.0. The number of nitrogens with zero attached hydrogens (tertiary/aromatic N) is 5. The Hall–Kier alpha value is -3.74. The SMILES string of the molecule is CC[n+]1ccc2sc(SCC3=C(C(=O)O)N4C(=O)C(NC(=O)C(=NOC(C)(C)C(=O)O)c5csc(N)n5)[C@@H]4SC3)nc2c1. The molecular weight excluding hydrogens is 639 g/mol. The first-order valence-corrected chi connectivity index (χ1v) is 16.5. The number of nitrogen functional groups attached to an aromatic ring is 1. The van der Waals surface area contributed by atoms with Crippen LogP contribution in [0.5, 0.6) is 0 Å². The van der Waals surface area contributed by atoms with Crippen LogP contribution in [0.4, 0.5) is 5.13 Å². The number of hydrogen-bond acceptors (Lipinski definition) is 13. The van der Waals surface area contributed by atoms with Crippen LogP contribution >= 0.6 is 46.2 Å². The molecule has 226 valence electrons. The first-order chi connectivity index (χ1) is 20.4. The molecule has 0 spiro atoms. The van der Waals surface area contributed by atoms with Crippen LogP contribution in [0.2, 0.25) is 0 Å². The number of fused-ring (bicyclic) bond motifs is 2. The number of thioether (sulfide) groups is 2. The number of anilines is 1. The quantitative estimate of drug-likeness (QED) is 0.0762. The maximum absolute atomic E-state index is 13.3. The van der Waals surface area contributed by atoms with E-state index in [0.717, 1.165) is 32.4 Å². The number of amides is 2. The van der Waals surface area contributed by atoms with Crippen LogP contribution in [0, 0.1) is 0 Å². The van der Waals surface area contributed by atoms with E-state index in [1.807, 2.05) is 30.0 Å². The molecule has 5 rings (SSSR count). The zero-order chi connectivity index (χ0) is 31.1. The van der Waals surface area contributed by atoms with Gasteiger partial charge >= 0.3 is 11.9 Å². The van der Waals surface area contributed by atoms with Crippen LogP contribution in [-0.4, -0.2) is 83.1 Å². The monoisotopic (exact) mass is 664 g/mol. The Bertz CT molecular complexity index is 1700. The minimum absolute atomic E-state index is 0.0332. The molecule has 18 heteroatoms. The molecule has 5 heterocycles. The van der Waals surface area contributed by atoms with Crippen LogP contribution in [-0.2, 0) is 30.6 Å². The van der Waals surface area contributed by atoms with E-state index < -0.39 is 40.8 Å². The van der Waals surface area contributed by atoms with Crippen molar-refractivity contribution in [2.45, 2.75) is 48.7 Å². The number of nitrogens with one attached hydrogen (secondary N) is 1. The molecule has 2 aliphatic rings. The summed E-state index contributed by atoms with van der Waals surface area (Å²) in [5.41, 5.74) is 4.93. The highest BCUT2D eigenvalue weighted by molar-refractivity contribution is 8.02. The van der Waals surface area contributed by atoms with Gasteiger partial charge < -0.3 is 26.1 Å². The Morgan fingerprint density at radius 1 is 1.33 bits per heavy atom. The molecule has 2 aliphatic heterocycles. The molecule has 5 N–H and O–H groups in total. The van der Waals surface area contributed by atoms with Gasteiger partial charge in [-0.2, -0.15) is 0 Å². The van der Waals surface area contributed by atoms with E-state index in [9.17, 15) is 29.4 Å². The molecule has 3 aromatic heterocycles. The fourth-order valence-corrected chi connectivity index (χ4v) is 8.18. The Morgan fingerprint density at radius 3 is 2.74 bits per heavy atom. The predicted molar refractivity (Wildman–Crippen MR) is 162 cm³/mol. The summed E-state index contributed by atoms with van der Waals surface area (Å²) in [6.07, 6.45) is 3.94. The molecule has 2 amide bonds. The van der Waals surface area contributed by atoms with E-state index in [2.05, 4.69) is 20.4 Å². The number of carboxylic acids is 2. The number of carbonyl (C=O) groups excluding carboxylic acids is 2. The lowest BCUT2D eigenvalue weighted by Gasteiger charge is -2.49. The minimum Gasteiger partial charge on any atom is -0.478 e. The third-order valence-electron chi connectivity index (χ3n) is 6.50. The van der Waals surface area contributed by atoms with Crippen LogP contribution in [0.3, 0.4) is 0 Å². The van der Waals surface area contributed by atoms with Gasteiger partial charge in [0.25, 0.3) is 11.8 Å². The van der Waals surface area contributed by atoms with Crippen LogP contribution in [0.1, 0.15) is 26.5 Å². The maximum Gasteiger partial charge on any atom is 0.352 e. The molecule has 1 saturated heterocycles. The number of aliphatic carboxylic acids is 2. The summed E-state index contributed by atoms with van der Waals surface area (Å²) < 4.78 is 3.83. The second-order valence-corrected chi connectivity index (χ2v) is 14.1. The van der Waals surface area contributed by atoms with E-state index in [-0.39, 0.29) is 22.2 Å².